The number of nitrogens with zero attached hydrogens (tertiary/aromatic N) is 1. The topological polar surface area (TPSA) is 0 Å². The molecule has 0 aliphatic carbocycles. The minimum Gasteiger partial charge on any atom is -0.325 e. The fraction of sp³-hybridized carbons (Fsp3) is 1.00. The summed E-state index contributed by atoms with van der Waals surface area (Å²) in [5, 5.41) is 0. The molecule has 0 amide bonds. The van der Waals surface area contributed by atoms with Crippen LogP contribution >= 0.6 is 27.0 Å². The van der Waals surface area contributed by atoms with E-state index in [1.165, 1.54) is 30.7 Å². The molecule has 0 rings (SSSR count). The zero-order valence-corrected chi connectivity index (χ0v) is 10.3. The number of hydrogen-bond donors (Lipinski definition) is 0. The monoisotopic (exact) mass is 198 g/mol. The van der Waals surface area contributed by atoms with Gasteiger partial charge in [0.1, 0.15) is 0 Å². The lowest BCUT2D eigenvalue weighted by Gasteiger charge is -2.34. The van der Waals surface area contributed by atoms with E-state index in [4.69, 9.17) is 0 Å². The molecule has 0 heterocycles. The molecule has 0 N–H and O–H groups in total. The van der Waals surface area contributed by atoms with Crippen LogP contribution in [-0.2, 0) is 0 Å². The van der Waals surface area contributed by atoms with Crippen molar-refractivity contribution in [2.45, 2.75) is 27.7 Å². The second kappa shape index (κ2) is 8.75. The summed E-state index contributed by atoms with van der Waals surface area (Å²) in [6.07, 6.45) is 0. The first-order valence-corrected chi connectivity index (χ1v) is 4.09. The second-order valence-corrected chi connectivity index (χ2v) is 2.61. The van der Waals surface area contributed by atoms with Gasteiger partial charge < -0.3 is 4.48 Å². The van der Waals surface area contributed by atoms with Gasteiger partial charge in [-0.15, -0.1) is 0 Å². The van der Waals surface area contributed by atoms with Crippen molar-refractivity contribution in [3.8, 4) is 0 Å². The summed E-state index contributed by atoms with van der Waals surface area (Å²) >= 11 is 0. The molecule has 0 saturated carbocycles. The van der Waals surface area contributed by atoms with Crippen molar-refractivity contribution in [1.29, 1.82) is 0 Å². The fourth-order valence-electron chi connectivity index (χ4n) is 1.34. The van der Waals surface area contributed by atoms with Crippen molar-refractivity contribution < 1.29 is 4.48 Å². The molecule has 0 radical (unpaired) electrons. The Morgan fingerprint density at radius 3 is 0.818 bits per heavy atom. The van der Waals surface area contributed by atoms with E-state index >= 15 is 0 Å². The predicted octanol–water partition coefficient (Wildman–Crippen LogP) is 2.11. The third-order valence-electron chi connectivity index (χ3n) is 2.68. The zero-order valence-electron chi connectivity index (χ0n) is 8.28. The lowest BCUT2D eigenvalue weighted by Crippen LogP contribution is -2.47. The van der Waals surface area contributed by atoms with Gasteiger partial charge in [0.2, 0.25) is 0 Å². The largest absolute Gasteiger partial charge is 0.325 e. The van der Waals surface area contributed by atoms with Gasteiger partial charge in [0.05, 0.1) is 26.2 Å². The molecule has 72 valence electrons. The first-order valence-electron chi connectivity index (χ1n) is 4.09. The molecule has 0 fully saturated rings. The van der Waals surface area contributed by atoms with Crippen LogP contribution in [-0.4, -0.2) is 30.7 Å². The summed E-state index contributed by atoms with van der Waals surface area (Å²) in [5.41, 5.74) is 0. The van der Waals surface area contributed by atoms with E-state index in [1.54, 1.807) is 0 Å². The average Bonchev–Trinajstić information content (AvgIpc) is 1.95. The van der Waals surface area contributed by atoms with Gasteiger partial charge in [-0.2, -0.15) is 27.0 Å². The molecular weight excluding hydrogens is 174 g/mol. The van der Waals surface area contributed by atoms with E-state index < -0.39 is 0 Å². The molecule has 0 aromatic heterocycles. The molecule has 0 spiro atoms. The van der Waals surface area contributed by atoms with Gasteiger partial charge in [0.15, 0.2) is 0 Å². The Bertz CT molecular complexity index is 55.0. The highest BCUT2D eigenvalue weighted by atomic mass is 32.1. The van der Waals surface area contributed by atoms with Crippen molar-refractivity contribution in [3.63, 3.8) is 0 Å². The standard InChI is InChI=1S/C8H20N.2H2S/c1-5-9(6-2,7-3)8-4;;/h5-8H2,1-4H3;2*1H2/q+1;;. The molecule has 0 saturated heterocycles. The van der Waals surface area contributed by atoms with Gasteiger partial charge >= 0.3 is 0 Å². The quantitative estimate of drug-likeness (QED) is 0.607. The van der Waals surface area contributed by atoms with Crippen LogP contribution in [0, 0.1) is 0 Å². The van der Waals surface area contributed by atoms with Crippen LogP contribution in [0.2, 0.25) is 0 Å². The van der Waals surface area contributed by atoms with Crippen LogP contribution in [0.1, 0.15) is 27.7 Å². The van der Waals surface area contributed by atoms with Crippen LogP contribution in [0.5, 0.6) is 0 Å². The van der Waals surface area contributed by atoms with Crippen LogP contribution in [0.15, 0.2) is 0 Å². The Kier molecular flexibility index (Phi) is 14.1. The Hall–Kier alpha value is 0.660. The third-order valence-corrected chi connectivity index (χ3v) is 2.68. The summed E-state index contributed by atoms with van der Waals surface area (Å²) in [5.74, 6) is 0. The van der Waals surface area contributed by atoms with E-state index in [2.05, 4.69) is 27.7 Å². The molecule has 1 nitrogen and oxygen atoms in total. The van der Waals surface area contributed by atoms with E-state index in [9.17, 15) is 0 Å². The Morgan fingerprint density at radius 2 is 0.818 bits per heavy atom. The van der Waals surface area contributed by atoms with E-state index in [-0.39, 0.29) is 27.0 Å². The number of rotatable bonds is 4. The fourth-order valence-corrected chi connectivity index (χ4v) is 1.34. The molecule has 11 heavy (non-hydrogen) atoms. The van der Waals surface area contributed by atoms with E-state index in [1.807, 2.05) is 0 Å². The van der Waals surface area contributed by atoms with Crippen molar-refractivity contribution >= 4 is 27.0 Å². The maximum Gasteiger partial charge on any atom is 0.0757 e. The highest BCUT2D eigenvalue weighted by Gasteiger charge is 2.16. The van der Waals surface area contributed by atoms with Gasteiger partial charge in [-0.1, -0.05) is 0 Å². The first kappa shape index (κ1) is 17.7. The van der Waals surface area contributed by atoms with E-state index in [0.29, 0.717) is 0 Å². The third kappa shape index (κ3) is 4.99. The second-order valence-electron chi connectivity index (χ2n) is 2.61. The van der Waals surface area contributed by atoms with Crippen molar-refractivity contribution in [2.75, 3.05) is 26.2 Å². The van der Waals surface area contributed by atoms with Crippen molar-refractivity contribution in [3.05, 3.63) is 0 Å². The summed E-state index contributed by atoms with van der Waals surface area (Å²) in [6, 6.07) is 0. The minimum atomic E-state index is 0. The normalized spacial score (nSPS) is 9.82. The SMILES string of the molecule is CC[N+](CC)(CC)CC.S.S. The molecule has 3 heteroatoms. The maximum absolute atomic E-state index is 2.27. The van der Waals surface area contributed by atoms with Gasteiger partial charge in [0, 0.05) is 0 Å². The Balaban J connectivity index is -0.000000320. The van der Waals surface area contributed by atoms with Crippen LogP contribution in [0.25, 0.3) is 0 Å². The molecule has 0 bridgehead atoms. The zero-order chi connectivity index (χ0) is 7.33. The van der Waals surface area contributed by atoms with Gasteiger partial charge in [-0.3, -0.25) is 0 Å². The van der Waals surface area contributed by atoms with Gasteiger partial charge in [-0.05, 0) is 27.7 Å². The molecular formula is C8H24NS2+. The Labute approximate surface area is 85.6 Å². The van der Waals surface area contributed by atoms with Crippen molar-refractivity contribution in [2.24, 2.45) is 0 Å². The summed E-state index contributed by atoms with van der Waals surface area (Å²) in [7, 11) is 0. The first-order chi connectivity index (χ1) is 4.24. The molecule has 0 aliphatic heterocycles. The van der Waals surface area contributed by atoms with Crippen LogP contribution in [0.4, 0.5) is 0 Å². The lowest BCUT2D eigenvalue weighted by molar-refractivity contribution is -0.921. The molecule has 0 aliphatic rings. The Morgan fingerprint density at radius 1 is 0.636 bits per heavy atom. The van der Waals surface area contributed by atoms with E-state index in [0.717, 1.165) is 0 Å². The lowest BCUT2D eigenvalue weighted by atomic mass is 10.3. The molecule has 0 unspecified atom stereocenters. The van der Waals surface area contributed by atoms with Gasteiger partial charge in [-0.25, -0.2) is 0 Å². The summed E-state index contributed by atoms with van der Waals surface area (Å²) < 4.78 is 1.28. The highest BCUT2D eigenvalue weighted by Crippen LogP contribution is 2.03. The van der Waals surface area contributed by atoms with Crippen molar-refractivity contribution in [1.82, 2.24) is 0 Å². The highest BCUT2D eigenvalue weighted by molar-refractivity contribution is 7.59. The number of quaternary nitrogens is 1. The summed E-state index contributed by atoms with van der Waals surface area (Å²) in [4.78, 5) is 0. The maximum atomic E-state index is 2.27. The smallest absolute Gasteiger partial charge is 0.0757 e. The van der Waals surface area contributed by atoms with Crippen LogP contribution < -0.4 is 0 Å². The molecule has 0 aromatic carbocycles. The average molecular weight is 198 g/mol. The van der Waals surface area contributed by atoms with Gasteiger partial charge in [0.25, 0.3) is 0 Å². The predicted molar refractivity (Wildman–Crippen MR) is 63.2 cm³/mol. The summed E-state index contributed by atoms with van der Waals surface area (Å²) in [6.45, 7) is 14.2. The molecule has 0 aromatic rings. The number of hydrogen-bond acceptors (Lipinski definition) is 0. The molecule has 0 atom stereocenters. The van der Waals surface area contributed by atoms with Crippen LogP contribution in [0.3, 0.4) is 0 Å². The minimum absolute atomic E-state index is 0.